The number of ether oxygens (including phenoxy) is 1. The third kappa shape index (κ3) is 4.33. The lowest BCUT2D eigenvalue weighted by atomic mass is 10.1. The number of nitrogens with zero attached hydrogens (tertiary/aromatic N) is 2. The number of aromatic nitrogens is 2. The van der Waals surface area contributed by atoms with Gasteiger partial charge < -0.3 is 10.1 Å². The van der Waals surface area contributed by atoms with E-state index in [9.17, 15) is 8.42 Å². The predicted molar refractivity (Wildman–Crippen MR) is 125 cm³/mol. The summed E-state index contributed by atoms with van der Waals surface area (Å²) in [6.07, 6.45) is 4.89. The predicted octanol–water partition coefficient (Wildman–Crippen LogP) is 3.88. The minimum absolute atomic E-state index is 0.0579. The first-order valence-electron chi connectivity index (χ1n) is 9.70. The first-order valence-corrected chi connectivity index (χ1v) is 11.2. The Hall–Kier alpha value is -4.09. The third-order valence-corrected chi connectivity index (χ3v) is 6.14. The number of rotatable bonds is 5. The van der Waals surface area contributed by atoms with Crippen molar-refractivity contribution in [2.75, 3.05) is 24.2 Å². The van der Waals surface area contributed by atoms with Gasteiger partial charge in [-0.05, 0) is 42.5 Å². The Morgan fingerprint density at radius 1 is 1.00 bits per heavy atom. The topological polar surface area (TPSA) is 93.2 Å². The molecule has 0 fully saturated rings. The number of anilines is 2. The molecule has 0 saturated carbocycles. The van der Waals surface area contributed by atoms with Crippen LogP contribution in [0.25, 0.3) is 10.9 Å². The Bertz CT molecular complexity index is 1460. The number of hydrogen-bond acceptors (Lipinski definition) is 6. The van der Waals surface area contributed by atoms with Crippen LogP contribution in [-0.4, -0.2) is 32.5 Å². The van der Waals surface area contributed by atoms with Gasteiger partial charge in [0.05, 0.1) is 30.2 Å². The highest BCUT2D eigenvalue weighted by molar-refractivity contribution is 7.93. The monoisotopic (exact) mass is 444 g/mol. The summed E-state index contributed by atoms with van der Waals surface area (Å²) >= 11 is 0. The number of para-hydroxylation sites is 1. The minimum atomic E-state index is -3.94. The zero-order chi connectivity index (χ0) is 22.6. The van der Waals surface area contributed by atoms with Crippen molar-refractivity contribution in [3.8, 4) is 17.6 Å². The van der Waals surface area contributed by atoms with Crippen LogP contribution in [0, 0.1) is 11.8 Å². The van der Waals surface area contributed by atoms with Crippen LogP contribution >= 0.6 is 0 Å². The number of pyridine rings is 2. The maximum absolute atomic E-state index is 13.3. The highest BCUT2D eigenvalue weighted by atomic mass is 32.2. The van der Waals surface area contributed by atoms with Crippen LogP contribution in [0.2, 0.25) is 0 Å². The first kappa shape index (κ1) is 21.2. The average Bonchev–Trinajstić information content (AvgIpc) is 2.82. The van der Waals surface area contributed by atoms with Crippen molar-refractivity contribution in [1.82, 2.24) is 9.97 Å². The Labute approximate surface area is 186 Å². The van der Waals surface area contributed by atoms with E-state index in [-0.39, 0.29) is 4.90 Å². The molecule has 2 N–H and O–H groups in total. The highest BCUT2D eigenvalue weighted by Gasteiger charge is 2.21. The number of fused-ring (bicyclic) bond motifs is 1. The van der Waals surface area contributed by atoms with Crippen molar-refractivity contribution in [2.45, 2.75) is 4.90 Å². The van der Waals surface area contributed by atoms with Crippen LogP contribution in [-0.2, 0) is 10.0 Å². The van der Waals surface area contributed by atoms with Gasteiger partial charge in [0.2, 0.25) is 0 Å². The molecule has 2 aromatic carbocycles. The third-order valence-electron chi connectivity index (χ3n) is 4.74. The molecule has 0 aliphatic rings. The van der Waals surface area contributed by atoms with Crippen LogP contribution < -0.4 is 14.8 Å². The van der Waals surface area contributed by atoms with Crippen LogP contribution in [0.4, 0.5) is 11.4 Å². The fraction of sp³-hybridized carbons (Fsp3) is 0.0833. The summed E-state index contributed by atoms with van der Waals surface area (Å²) in [6, 6.07) is 15.4. The molecule has 0 aliphatic heterocycles. The lowest BCUT2D eigenvalue weighted by Gasteiger charge is -2.13. The summed E-state index contributed by atoms with van der Waals surface area (Å²) in [6.45, 7) is 0. The van der Waals surface area contributed by atoms with Crippen molar-refractivity contribution < 1.29 is 13.2 Å². The molecule has 0 bridgehead atoms. The summed E-state index contributed by atoms with van der Waals surface area (Å²) in [7, 11) is -0.605. The van der Waals surface area contributed by atoms with E-state index >= 15 is 0 Å². The molecule has 160 valence electrons. The summed E-state index contributed by atoms with van der Waals surface area (Å²) in [5.74, 6) is 6.61. The molecule has 2 heterocycles. The van der Waals surface area contributed by atoms with Gasteiger partial charge in [-0.25, -0.2) is 8.42 Å². The molecule has 0 amide bonds. The van der Waals surface area contributed by atoms with Crippen molar-refractivity contribution >= 4 is 32.3 Å². The number of sulfonamides is 1. The van der Waals surface area contributed by atoms with Gasteiger partial charge in [0, 0.05) is 36.0 Å². The van der Waals surface area contributed by atoms with Gasteiger partial charge in [0.25, 0.3) is 10.0 Å². The number of hydrogen-bond donors (Lipinski definition) is 2. The molecule has 32 heavy (non-hydrogen) atoms. The second-order valence-corrected chi connectivity index (χ2v) is 8.43. The van der Waals surface area contributed by atoms with Gasteiger partial charge in [-0.3, -0.25) is 14.7 Å². The van der Waals surface area contributed by atoms with Gasteiger partial charge in [-0.15, -0.1) is 0 Å². The summed E-state index contributed by atoms with van der Waals surface area (Å²) < 4.78 is 34.5. The van der Waals surface area contributed by atoms with Gasteiger partial charge in [0.1, 0.15) is 10.6 Å². The van der Waals surface area contributed by atoms with E-state index in [1.807, 2.05) is 6.07 Å². The van der Waals surface area contributed by atoms with Gasteiger partial charge in [0.15, 0.2) is 0 Å². The second-order valence-electron chi connectivity index (χ2n) is 6.78. The van der Waals surface area contributed by atoms with E-state index in [4.69, 9.17) is 4.74 Å². The van der Waals surface area contributed by atoms with E-state index < -0.39 is 10.0 Å². The van der Waals surface area contributed by atoms with Crippen molar-refractivity contribution in [1.29, 1.82) is 0 Å². The minimum Gasteiger partial charge on any atom is -0.496 e. The zero-order valence-corrected chi connectivity index (χ0v) is 18.3. The quantitative estimate of drug-likeness (QED) is 0.454. The molecule has 0 atom stereocenters. The Morgan fingerprint density at radius 3 is 2.66 bits per heavy atom. The van der Waals surface area contributed by atoms with Crippen molar-refractivity contribution in [3.63, 3.8) is 0 Å². The average molecular weight is 445 g/mol. The fourth-order valence-electron chi connectivity index (χ4n) is 3.18. The standard InChI is InChI=1S/C24H20N4O3S/c1-25-19-14-17(15-26-16-19)9-10-18-6-3-4-8-21(18)28-32(29,30)23-12-11-22(31-2)20-7-5-13-27-24(20)23/h3-8,11-16,25,28H,1-2H3. The molecule has 8 heteroatoms. The normalized spacial score (nSPS) is 10.8. The van der Waals surface area contributed by atoms with Crippen LogP contribution in [0.3, 0.4) is 0 Å². The smallest absolute Gasteiger partial charge is 0.264 e. The lowest BCUT2D eigenvalue weighted by molar-refractivity contribution is 0.419. The fourth-order valence-corrected chi connectivity index (χ4v) is 4.42. The van der Waals surface area contributed by atoms with Gasteiger partial charge in [-0.2, -0.15) is 0 Å². The van der Waals surface area contributed by atoms with E-state index in [1.54, 1.807) is 68.1 Å². The zero-order valence-electron chi connectivity index (χ0n) is 17.5. The number of benzene rings is 2. The Kier molecular flexibility index (Phi) is 5.92. The van der Waals surface area contributed by atoms with Gasteiger partial charge in [-0.1, -0.05) is 24.0 Å². The molecule has 4 aromatic rings. The number of methoxy groups -OCH3 is 1. The molecule has 0 unspecified atom stereocenters. The van der Waals surface area contributed by atoms with Crippen LogP contribution in [0.15, 0.2) is 78.1 Å². The number of nitrogens with one attached hydrogen (secondary N) is 2. The molecule has 4 rings (SSSR count). The molecule has 2 aromatic heterocycles. The summed E-state index contributed by atoms with van der Waals surface area (Å²) in [5, 5.41) is 3.63. The van der Waals surface area contributed by atoms with Crippen LogP contribution in [0.5, 0.6) is 5.75 Å². The highest BCUT2D eigenvalue weighted by Crippen LogP contribution is 2.30. The van der Waals surface area contributed by atoms with E-state index in [1.165, 1.54) is 13.2 Å². The maximum atomic E-state index is 13.3. The molecule has 0 saturated heterocycles. The summed E-state index contributed by atoms with van der Waals surface area (Å²) in [4.78, 5) is 8.47. The van der Waals surface area contributed by atoms with Gasteiger partial charge >= 0.3 is 0 Å². The SMILES string of the molecule is CNc1cncc(C#Cc2ccccc2NS(=O)(=O)c2ccc(OC)c3cccnc23)c1. The van der Waals surface area contributed by atoms with E-state index in [0.717, 1.165) is 5.69 Å². The van der Waals surface area contributed by atoms with Crippen LogP contribution in [0.1, 0.15) is 11.1 Å². The molecule has 0 spiro atoms. The Morgan fingerprint density at radius 2 is 1.84 bits per heavy atom. The van der Waals surface area contributed by atoms with Crippen molar-refractivity contribution in [3.05, 3.63) is 84.3 Å². The van der Waals surface area contributed by atoms with E-state index in [2.05, 4.69) is 31.8 Å². The maximum Gasteiger partial charge on any atom is 0.264 e. The molecule has 0 aliphatic carbocycles. The summed E-state index contributed by atoms with van der Waals surface area (Å²) in [5.41, 5.74) is 2.79. The second kappa shape index (κ2) is 8.96. The first-order chi connectivity index (χ1) is 15.5. The molecule has 7 nitrogen and oxygen atoms in total. The largest absolute Gasteiger partial charge is 0.496 e. The lowest BCUT2D eigenvalue weighted by Crippen LogP contribution is -2.14. The van der Waals surface area contributed by atoms with E-state index in [0.29, 0.717) is 33.5 Å². The Balaban J connectivity index is 1.72. The molecule has 0 radical (unpaired) electrons. The molecular formula is C24H20N4O3S. The van der Waals surface area contributed by atoms with Crippen molar-refractivity contribution in [2.24, 2.45) is 0 Å². The molecular weight excluding hydrogens is 424 g/mol.